The number of likely N-dealkylation sites (tertiary alicyclic amines) is 1. The molecule has 1 aliphatic heterocycles. The second kappa shape index (κ2) is 9.01. The van der Waals surface area contributed by atoms with Crippen LogP contribution in [0.4, 0.5) is 4.79 Å². The average Bonchev–Trinajstić information content (AvgIpc) is 3.13. The third-order valence-electron chi connectivity index (χ3n) is 5.73. The number of nitrogens with zero attached hydrogens (tertiary/aromatic N) is 2. The number of piperidine rings is 1. The largest absolute Gasteiger partial charge is 0.335 e. The summed E-state index contributed by atoms with van der Waals surface area (Å²) in [5.41, 5.74) is 1.05. The Morgan fingerprint density at radius 2 is 1.93 bits per heavy atom. The molecule has 6 nitrogen and oxygen atoms in total. The molecule has 1 saturated carbocycles. The lowest BCUT2D eigenvalue weighted by molar-refractivity contribution is -0.121. The standard InChI is InChI=1S/C21H28N4O2S/c26-19(24-21(27)22-16-8-2-1-3-9-16)14-25-12-6-7-15(13-25)20-23-17-10-4-5-11-18(17)28-20/h4-5,10-11,15-16H,1-3,6-9,12-14H2,(H2,22,24,26,27)/t15-/m1/s1. The van der Waals surface area contributed by atoms with Crippen LogP contribution in [0.25, 0.3) is 10.2 Å². The third-order valence-corrected chi connectivity index (χ3v) is 6.92. The zero-order valence-electron chi connectivity index (χ0n) is 16.2. The molecule has 3 amide bonds. The van der Waals surface area contributed by atoms with Crippen LogP contribution in [0.2, 0.25) is 0 Å². The first-order valence-electron chi connectivity index (χ1n) is 10.4. The Bertz CT molecular complexity index is 798. The van der Waals surface area contributed by atoms with E-state index in [1.807, 2.05) is 18.2 Å². The van der Waals surface area contributed by atoms with Gasteiger partial charge in [0.05, 0.1) is 21.8 Å². The highest BCUT2D eigenvalue weighted by molar-refractivity contribution is 7.18. The van der Waals surface area contributed by atoms with Gasteiger partial charge in [0.25, 0.3) is 0 Å². The number of para-hydroxylation sites is 1. The van der Waals surface area contributed by atoms with E-state index in [9.17, 15) is 9.59 Å². The first kappa shape index (κ1) is 19.3. The number of imide groups is 1. The Labute approximate surface area is 169 Å². The van der Waals surface area contributed by atoms with E-state index in [0.717, 1.165) is 62.1 Å². The first-order chi connectivity index (χ1) is 13.7. The molecule has 1 aliphatic carbocycles. The molecule has 2 N–H and O–H groups in total. The summed E-state index contributed by atoms with van der Waals surface area (Å²) in [6.45, 7) is 1.97. The summed E-state index contributed by atoms with van der Waals surface area (Å²) in [5, 5.41) is 6.60. The Kier molecular flexibility index (Phi) is 6.22. The minimum atomic E-state index is -0.350. The summed E-state index contributed by atoms with van der Waals surface area (Å²) in [7, 11) is 0. The molecule has 2 heterocycles. The molecule has 2 aliphatic rings. The van der Waals surface area contributed by atoms with Crippen molar-refractivity contribution < 1.29 is 9.59 Å². The van der Waals surface area contributed by atoms with Gasteiger partial charge in [-0.05, 0) is 44.4 Å². The van der Waals surface area contributed by atoms with Gasteiger partial charge in [-0.25, -0.2) is 9.78 Å². The van der Waals surface area contributed by atoms with Crippen molar-refractivity contribution in [1.82, 2.24) is 20.5 Å². The van der Waals surface area contributed by atoms with Gasteiger partial charge in [-0.15, -0.1) is 11.3 Å². The summed E-state index contributed by atoms with van der Waals surface area (Å²) >= 11 is 1.75. The summed E-state index contributed by atoms with van der Waals surface area (Å²) in [5.74, 6) is 0.133. The number of urea groups is 1. The molecule has 2 aromatic rings. The normalized spacial score (nSPS) is 21.5. The molecular formula is C21H28N4O2S. The predicted octanol–water partition coefficient (Wildman–Crippen LogP) is 3.63. The van der Waals surface area contributed by atoms with Gasteiger partial charge in [0.15, 0.2) is 0 Å². The minimum absolute atomic E-state index is 0.208. The van der Waals surface area contributed by atoms with Crippen molar-refractivity contribution in [2.24, 2.45) is 0 Å². The number of carbonyl (C=O) groups excluding carboxylic acids is 2. The fourth-order valence-corrected chi connectivity index (χ4v) is 5.40. The second-order valence-corrected chi connectivity index (χ2v) is 9.01. The van der Waals surface area contributed by atoms with Crippen molar-refractivity contribution in [1.29, 1.82) is 0 Å². The second-order valence-electron chi connectivity index (χ2n) is 7.95. The van der Waals surface area contributed by atoms with Crippen LogP contribution in [0, 0.1) is 0 Å². The maximum Gasteiger partial charge on any atom is 0.321 e. The summed E-state index contributed by atoms with van der Waals surface area (Å²) in [6, 6.07) is 8.07. The number of nitrogens with one attached hydrogen (secondary N) is 2. The van der Waals surface area contributed by atoms with Crippen molar-refractivity contribution in [2.75, 3.05) is 19.6 Å². The molecule has 0 bridgehead atoms. The van der Waals surface area contributed by atoms with Gasteiger partial charge in [-0.1, -0.05) is 31.4 Å². The zero-order chi connectivity index (χ0) is 19.3. The number of rotatable bonds is 4. The Morgan fingerprint density at radius 1 is 1.11 bits per heavy atom. The van der Waals surface area contributed by atoms with Gasteiger partial charge in [-0.2, -0.15) is 0 Å². The molecule has 7 heteroatoms. The van der Waals surface area contributed by atoms with E-state index < -0.39 is 0 Å². The van der Waals surface area contributed by atoms with Crippen LogP contribution in [0.3, 0.4) is 0 Å². The molecule has 4 rings (SSSR count). The number of hydrogen-bond acceptors (Lipinski definition) is 5. The van der Waals surface area contributed by atoms with Gasteiger partial charge in [0, 0.05) is 18.5 Å². The number of thiazole rings is 1. The molecule has 0 radical (unpaired) electrons. The monoisotopic (exact) mass is 400 g/mol. The van der Waals surface area contributed by atoms with Crippen LogP contribution in [0.1, 0.15) is 55.9 Å². The molecule has 1 saturated heterocycles. The molecule has 0 spiro atoms. The Hall–Kier alpha value is -1.99. The predicted molar refractivity (Wildman–Crippen MR) is 112 cm³/mol. The summed E-state index contributed by atoms with van der Waals surface area (Å²) in [6.07, 6.45) is 7.71. The highest BCUT2D eigenvalue weighted by Crippen LogP contribution is 2.32. The summed E-state index contributed by atoms with van der Waals surface area (Å²) < 4.78 is 1.21. The molecule has 150 valence electrons. The number of hydrogen-bond donors (Lipinski definition) is 2. The van der Waals surface area contributed by atoms with Crippen LogP contribution in [-0.4, -0.2) is 47.5 Å². The molecule has 1 atom stereocenters. The Balaban J connectivity index is 1.28. The van der Waals surface area contributed by atoms with E-state index in [4.69, 9.17) is 4.98 Å². The van der Waals surface area contributed by atoms with Crippen LogP contribution in [0.5, 0.6) is 0 Å². The molecule has 0 unspecified atom stereocenters. The third kappa shape index (κ3) is 4.89. The highest BCUT2D eigenvalue weighted by Gasteiger charge is 2.26. The van der Waals surface area contributed by atoms with Gasteiger partial charge < -0.3 is 5.32 Å². The maximum atomic E-state index is 12.3. The number of fused-ring (bicyclic) bond motifs is 1. The first-order valence-corrected chi connectivity index (χ1v) is 11.2. The molecule has 1 aromatic heterocycles. The van der Waals surface area contributed by atoms with Crippen LogP contribution >= 0.6 is 11.3 Å². The van der Waals surface area contributed by atoms with E-state index in [1.165, 1.54) is 11.1 Å². The van der Waals surface area contributed by atoms with E-state index in [2.05, 4.69) is 21.6 Å². The highest BCUT2D eigenvalue weighted by atomic mass is 32.1. The van der Waals surface area contributed by atoms with E-state index in [-0.39, 0.29) is 24.5 Å². The van der Waals surface area contributed by atoms with E-state index in [0.29, 0.717) is 5.92 Å². The van der Waals surface area contributed by atoms with Crippen LogP contribution in [0.15, 0.2) is 24.3 Å². The van der Waals surface area contributed by atoms with Crippen LogP contribution < -0.4 is 10.6 Å². The lowest BCUT2D eigenvalue weighted by atomic mass is 9.96. The van der Waals surface area contributed by atoms with Gasteiger partial charge in [0.1, 0.15) is 0 Å². The van der Waals surface area contributed by atoms with Crippen molar-refractivity contribution in [3.63, 3.8) is 0 Å². The number of benzene rings is 1. The smallest absolute Gasteiger partial charge is 0.321 e. The average molecular weight is 401 g/mol. The number of carbonyl (C=O) groups is 2. The number of aromatic nitrogens is 1. The van der Waals surface area contributed by atoms with Crippen molar-refractivity contribution >= 4 is 33.5 Å². The SMILES string of the molecule is O=C(CN1CCC[C@@H](c2nc3ccccc3s2)C1)NC(=O)NC1CCCCC1. The van der Waals surface area contributed by atoms with Crippen molar-refractivity contribution in [3.05, 3.63) is 29.3 Å². The van der Waals surface area contributed by atoms with Crippen molar-refractivity contribution in [3.8, 4) is 0 Å². The quantitative estimate of drug-likeness (QED) is 0.822. The fraction of sp³-hybridized carbons (Fsp3) is 0.571. The van der Waals surface area contributed by atoms with Gasteiger partial charge >= 0.3 is 6.03 Å². The fourth-order valence-electron chi connectivity index (χ4n) is 4.30. The summed E-state index contributed by atoms with van der Waals surface area (Å²) in [4.78, 5) is 31.3. The number of amides is 3. The topological polar surface area (TPSA) is 74.3 Å². The Morgan fingerprint density at radius 3 is 2.75 bits per heavy atom. The van der Waals surface area contributed by atoms with Gasteiger partial charge in [0.2, 0.25) is 5.91 Å². The lowest BCUT2D eigenvalue weighted by Gasteiger charge is -2.31. The van der Waals surface area contributed by atoms with Crippen molar-refractivity contribution in [2.45, 2.75) is 56.9 Å². The molecule has 28 heavy (non-hydrogen) atoms. The van der Waals surface area contributed by atoms with E-state index in [1.54, 1.807) is 11.3 Å². The molecule has 2 fully saturated rings. The molecule has 1 aromatic carbocycles. The minimum Gasteiger partial charge on any atom is -0.335 e. The zero-order valence-corrected chi connectivity index (χ0v) is 17.0. The lowest BCUT2D eigenvalue weighted by Crippen LogP contribution is -2.49. The molecular weight excluding hydrogens is 372 g/mol. The van der Waals surface area contributed by atoms with E-state index >= 15 is 0 Å². The van der Waals surface area contributed by atoms with Gasteiger partial charge in [-0.3, -0.25) is 15.0 Å². The van der Waals surface area contributed by atoms with Crippen LogP contribution in [-0.2, 0) is 4.79 Å². The maximum absolute atomic E-state index is 12.3.